The summed E-state index contributed by atoms with van der Waals surface area (Å²) in [6.07, 6.45) is 2.95. The molecule has 2 aromatic heterocycles. The van der Waals surface area contributed by atoms with Gasteiger partial charge in [-0.2, -0.15) is 0 Å². The summed E-state index contributed by atoms with van der Waals surface area (Å²) in [6.45, 7) is 1.40. The van der Waals surface area contributed by atoms with Gasteiger partial charge in [0, 0.05) is 11.8 Å². The van der Waals surface area contributed by atoms with Gasteiger partial charge in [-0.25, -0.2) is 9.59 Å². The first kappa shape index (κ1) is 16.3. The first-order chi connectivity index (χ1) is 10.9. The molecule has 0 aromatic carbocycles. The molecule has 0 saturated heterocycles. The topological polar surface area (TPSA) is 134 Å². The summed E-state index contributed by atoms with van der Waals surface area (Å²) in [4.78, 5) is 48.6. The van der Waals surface area contributed by atoms with E-state index < -0.39 is 29.2 Å². The molecule has 2 rings (SSSR count). The number of furan rings is 1. The van der Waals surface area contributed by atoms with Gasteiger partial charge in [0.1, 0.15) is 6.04 Å². The van der Waals surface area contributed by atoms with E-state index in [1.807, 2.05) is 0 Å². The number of nitrogens with one attached hydrogen (secondary N) is 2. The Morgan fingerprint density at radius 1 is 1.43 bits per heavy atom. The number of rotatable bonds is 6. The Morgan fingerprint density at radius 2 is 2.17 bits per heavy atom. The lowest BCUT2D eigenvalue weighted by molar-refractivity contribution is -0.139. The van der Waals surface area contributed by atoms with Gasteiger partial charge in [-0.1, -0.05) is 6.92 Å². The van der Waals surface area contributed by atoms with Crippen LogP contribution in [-0.2, 0) is 17.8 Å². The zero-order valence-electron chi connectivity index (χ0n) is 12.2. The van der Waals surface area contributed by atoms with E-state index in [2.05, 4.69) is 10.3 Å². The van der Waals surface area contributed by atoms with Gasteiger partial charge in [-0.05, 0) is 18.6 Å². The molecule has 0 unspecified atom stereocenters. The third kappa shape index (κ3) is 3.76. The van der Waals surface area contributed by atoms with Gasteiger partial charge in [0.2, 0.25) is 0 Å². The van der Waals surface area contributed by atoms with Crippen molar-refractivity contribution >= 4 is 11.9 Å². The average molecular weight is 321 g/mol. The van der Waals surface area contributed by atoms with Crippen molar-refractivity contribution in [3.63, 3.8) is 0 Å². The molecule has 0 radical (unpaired) electrons. The highest BCUT2D eigenvalue weighted by molar-refractivity contribution is 5.94. The summed E-state index contributed by atoms with van der Waals surface area (Å²) >= 11 is 0. The molecule has 122 valence electrons. The van der Waals surface area contributed by atoms with Crippen LogP contribution in [0.3, 0.4) is 0 Å². The highest BCUT2D eigenvalue weighted by Crippen LogP contribution is 2.01. The van der Waals surface area contributed by atoms with E-state index in [4.69, 9.17) is 4.42 Å². The summed E-state index contributed by atoms with van der Waals surface area (Å²) < 4.78 is 5.92. The predicted molar refractivity (Wildman–Crippen MR) is 78.3 cm³/mol. The molecule has 0 aliphatic carbocycles. The van der Waals surface area contributed by atoms with Crippen molar-refractivity contribution < 1.29 is 19.1 Å². The predicted octanol–water partition coefficient (Wildman–Crippen LogP) is -0.425. The maximum Gasteiger partial charge on any atom is 0.328 e. The highest BCUT2D eigenvalue weighted by atomic mass is 16.4. The molecular formula is C14H15N3O6. The van der Waals surface area contributed by atoms with Crippen LogP contribution >= 0.6 is 0 Å². The van der Waals surface area contributed by atoms with E-state index in [0.29, 0.717) is 12.0 Å². The fourth-order valence-electron chi connectivity index (χ4n) is 1.96. The Balaban J connectivity index is 2.23. The number of aromatic nitrogens is 2. The number of H-pyrrole nitrogens is 1. The summed E-state index contributed by atoms with van der Waals surface area (Å²) in [5.41, 5.74) is -0.919. The van der Waals surface area contributed by atoms with Crippen LogP contribution < -0.4 is 16.6 Å². The average Bonchev–Trinajstić information content (AvgIpc) is 3.03. The zero-order valence-corrected chi connectivity index (χ0v) is 12.2. The van der Waals surface area contributed by atoms with Crippen LogP contribution in [0.15, 0.2) is 38.6 Å². The molecule has 0 spiro atoms. The minimum absolute atomic E-state index is 0.0423. The molecular weight excluding hydrogens is 306 g/mol. The number of aromatic amines is 1. The Labute approximate surface area is 129 Å². The minimum atomic E-state index is -1.36. The molecule has 2 heterocycles. The summed E-state index contributed by atoms with van der Waals surface area (Å²) in [6, 6.07) is 1.51. The molecule has 2 aromatic rings. The Morgan fingerprint density at radius 3 is 2.74 bits per heavy atom. The number of hydrogen-bond donors (Lipinski definition) is 3. The van der Waals surface area contributed by atoms with E-state index >= 15 is 0 Å². The maximum absolute atomic E-state index is 11.9. The van der Waals surface area contributed by atoms with Crippen LogP contribution in [0.4, 0.5) is 0 Å². The molecule has 9 nitrogen and oxygen atoms in total. The number of carboxylic acid groups (broad SMARTS) is 1. The summed E-state index contributed by atoms with van der Waals surface area (Å²) in [5, 5.41) is 11.5. The third-order valence-corrected chi connectivity index (χ3v) is 3.19. The molecule has 0 aliphatic heterocycles. The normalized spacial score (nSPS) is 11.9. The number of carbonyl (C=O) groups is 2. The van der Waals surface area contributed by atoms with E-state index in [0.717, 1.165) is 4.57 Å². The maximum atomic E-state index is 11.9. The molecule has 1 amide bonds. The van der Waals surface area contributed by atoms with Crippen LogP contribution in [-0.4, -0.2) is 32.6 Å². The SMILES string of the molecule is CCc1cn(C[C@H](NC(=O)c2ccco2)C(=O)O)c(=O)[nH]c1=O. The lowest BCUT2D eigenvalue weighted by atomic mass is 10.2. The largest absolute Gasteiger partial charge is 0.480 e. The Kier molecular flexibility index (Phi) is 4.79. The van der Waals surface area contributed by atoms with Crippen molar-refractivity contribution in [3.05, 3.63) is 56.8 Å². The van der Waals surface area contributed by atoms with E-state index in [9.17, 15) is 24.3 Å². The lowest BCUT2D eigenvalue weighted by Crippen LogP contribution is -2.46. The van der Waals surface area contributed by atoms with Gasteiger partial charge in [0.15, 0.2) is 5.76 Å². The number of aliphatic carboxylic acids is 1. The minimum Gasteiger partial charge on any atom is -0.480 e. The lowest BCUT2D eigenvalue weighted by Gasteiger charge is -2.15. The molecule has 0 bridgehead atoms. The second-order valence-electron chi connectivity index (χ2n) is 4.76. The monoisotopic (exact) mass is 321 g/mol. The molecule has 0 saturated carbocycles. The standard InChI is InChI=1S/C14H15N3O6/c1-2-8-6-17(14(22)16-11(8)18)7-9(13(20)21)15-12(19)10-4-3-5-23-10/h3-6,9H,2,7H2,1H3,(H,15,19)(H,20,21)(H,16,18,22)/t9-/m0/s1. The van der Waals surface area contributed by atoms with Crippen molar-refractivity contribution in [2.45, 2.75) is 25.9 Å². The van der Waals surface area contributed by atoms with E-state index in [1.54, 1.807) is 6.92 Å². The van der Waals surface area contributed by atoms with Gasteiger partial charge in [0.05, 0.1) is 12.8 Å². The second kappa shape index (κ2) is 6.77. The van der Waals surface area contributed by atoms with Crippen LogP contribution in [0.1, 0.15) is 23.0 Å². The fourth-order valence-corrected chi connectivity index (χ4v) is 1.96. The summed E-state index contributed by atoms with van der Waals surface area (Å²) in [7, 11) is 0. The van der Waals surface area contributed by atoms with Gasteiger partial charge >= 0.3 is 11.7 Å². The van der Waals surface area contributed by atoms with E-state index in [-0.39, 0.29) is 12.3 Å². The molecule has 3 N–H and O–H groups in total. The van der Waals surface area contributed by atoms with Gasteiger partial charge in [-0.15, -0.1) is 0 Å². The highest BCUT2D eigenvalue weighted by Gasteiger charge is 2.23. The number of carboxylic acids is 1. The van der Waals surface area contributed by atoms with Gasteiger partial charge < -0.3 is 14.8 Å². The quantitative estimate of drug-likeness (QED) is 0.661. The van der Waals surface area contributed by atoms with Crippen molar-refractivity contribution in [3.8, 4) is 0 Å². The number of nitrogens with zero attached hydrogens (tertiary/aromatic N) is 1. The fraction of sp³-hybridized carbons (Fsp3) is 0.286. The number of carbonyl (C=O) groups excluding carboxylic acids is 1. The summed E-state index contributed by atoms with van der Waals surface area (Å²) in [5.74, 6) is -2.07. The molecule has 1 atom stereocenters. The first-order valence-corrected chi connectivity index (χ1v) is 6.82. The van der Waals surface area contributed by atoms with Crippen molar-refractivity contribution in [1.82, 2.24) is 14.9 Å². The number of amides is 1. The van der Waals surface area contributed by atoms with Crippen LogP contribution in [0.2, 0.25) is 0 Å². The molecule has 9 heteroatoms. The van der Waals surface area contributed by atoms with Gasteiger partial charge in [0.25, 0.3) is 11.5 Å². The van der Waals surface area contributed by atoms with Crippen LogP contribution in [0.25, 0.3) is 0 Å². The van der Waals surface area contributed by atoms with Gasteiger partial charge in [-0.3, -0.25) is 19.1 Å². The second-order valence-corrected chi connectivity index (χ2v) is 4.76. The van der Waals surface area contributed by atoms with Crippen molar-refractivity contribution in [1.29, 1.82) is 0 Å². The van der Waals surface area contributed by atoms with Crippen molar-refractivity contribution in [2.24, 2.45) is 0 Å². The van der Waals surface area contributed by atoms with E-state index in [1.165, 1.54) is 24.6 Å². The van der Waals surface area contributed by atoms with Crippen molar-refractivity contribution in [2.75, 3.05) is 0 Å². The first-order valence-electron chi connectivity index (χ1n) is 6.82. The Hall–Kier alpha value is -3.10. The smallest absolute Gasteiger partial charge is 0.328 e. The Bertz CT molecular complexity index is 818. The molecule has 0 aliphatic rings. The van der Waals surface area contributed by atoms with Crippen LogP contribution in [0, 0.1) is 0 Å². The molecule has 0 fully saturated rings. The number of aryl methyl sites for hydroxylation is 1. The zero-order chi connectivity index (χ0) is 17.0. The molecule has 23 heavy (non-hydrogen) atoms. The number of hydrogen-bond acceptors (Lipinski definition) is 5. The van der Waals surface area contributed by atoms with Crippen LogP contribution in [0.5, 0.6) is 0 Å². The third-order valence-electron chi connectivity index (χ3n) is 3.19.